The molecule has 1 N–H and O–H groups in total. The van der Waals surface area contributed by atoms with E-state index < -0.39 is 0 Å². The summed E-state index contributed by atoms with van der Waals surface area (Å²) in [6.45, 7) is 4.85. The second kappa shape index (κ2) is 6.42. The lowest BCUT2D eigenvalue weighted by molar-refractivity contribution is -0.120. The first-order valence-electron chi connectivity index (χ1n) is 6.93. The summed E-state index contributed by atoms with van der Waals surface area (Å²) in [5.74, 6) is 1.39. The predicted molar refractivity (Wildman–Crippen MR) is 74.1 cm³/mol. The van der Waals surface area contributed by atoms with Gasteiger partial charge in [-0.15, -0.1) is 0 Å². The average molecular weight is 285 g/mol. The van der Waals surface area contributed by atoms with Crippen molar-refractivity contribution >= 4 is 17.5 Å². The molecule has 0 aliphatic heterocycles. The Morgan fingerprint density at radius 3 is 2.95 bits per heavy atom. The van der Waals surface area contributed by atoms with E-state index in [4.69, 9.17) is 16.1 Å². The highest BCUT2D eigenvalue weighted by Gasteiger charge is 2.20. The van der Waals surface area contributed by atoms with E-state index in [1.54, 1.807) is 6.92 Å². The first-order chi connectivity index (χ1) is 9.06. The molecule has 0 bridgehead atoms. The number of carbonyl (C=O) groups excluding carboxylic acids is 1. The smallest absolute Gasteiger partial charge is 0.229 e. The summed E-state index contributed by atoms with van der Waals surface area (Å²) in [6, 6.07) is 0. The van der Waals surface area contributed by atoms with Gasteiger partial charge in [-0.3, -0.25) is 4.79 Å². The van der Waals surface area contributed by atoms with Crippen LogP contribution in [-0.2, 0) is 11.2 Å². The molecule has 0 saturated heterocycles. The van der Waals surface area contributed by atoms with E-state index in [1.807, 2.05) is 0 Å². The van der Waals surface area contributed by atoms with Crippen LogP contribution in [0.4, 0.5) is 0 Å². The van der Waals surface area contributed by atoms with Crippen LogP contribution < -0.4 is 5.32 Å². The summed E-state index contributed by atoms with van der Waals surface area (Å²) in [5.41, 5.74) is 1.38. The lowest BCUT2D eigenvalue weighted by Crippen LogP contribution is -2.32. The molecule has 106 valence electrons. The molecule has 0 aromatic carbocycles. The van der Waals surface area contributed by atoms with Gasteiger partial charge in [0, 0.05) is 12.1 Å². The van der Waals surface area contributed by atoms with Crippen LogP contribution in [-0.4, -0.2) is 17.6 Å². The zero-order chi connectivity index (χ0) is 13.8. The molecule has 1 amide bonds. The summed E-state index contributed by atoms with van der Waals surface area (Å²) in [4.78, 5) is 11.9. The molecule has 2 rings (SSSR count). The van der Waals surface area contributed by atoms with Crippen LogP contribution in [0.5, 0.6) is 0 Å². The quantitative estimate of drug-likeness (QED) is 0.924. The maximum atomic E-state index is 11.9. The first kappa shape index (κ1) is 14.4. The Morgan fingerprint density at radius 1 is 1.53 bits per heavy atom. The van der Waals surface area contributed by atoms with Gasteiger partial charge in [0.1, 0.15) is 0 Å². The standard InChI is InChI=1S/C14H21ClN2O2/c1-9-4-3-5-11(6-9)8-16-13(18)7-12-10(2)17-19-14(12)15/h9,11H,3-8H2,1-2H3,(H,16,18)/t9-,11+/m0/s1. The van der Waals surface area contributed by atoms with Crippen LogP contribution in [0.3, 0.4) is 0 Å². The van der Waals surface area contributed by atoms with Crippen molar-refractivity contribution in [3.8, 4) is 0 Å². The summed E-state index contributed by atoms with van der Waals surface area (Å²) in [5, 5.41) is 6.96. The minimum Gasteiger partial charge on any atom is -0.356 e. The van der Waals surface area contributed by atoms with E-state index >= 15 is 0 Å². The Hall–Kier alpha value is -1.03. The van der Waals surface area contributed by atoms with Crippen molar-refractivity contribution < 1.29 is 9.32 Å². The number of hydrogen-bond acceptors (Lipinski definition) is 3. The Kier molecular flexibility index (Phi) is 4.86. The number of hydrogen-bond donors (Lipinski definition) is 1. The van der Waals surface area contributed by atoms with E-state index in [1.165, 1.54) is 25.7 Å². The third-order valence-corrected chi connectivity index (χ3v) is 4.20. The Bertz CT molecular complexity index is 425. The number of aromatic nitrogens is 1. The molecule has 0 spiro atoms. The van der Waals surface area contributed by atoms with Gasteiger partial charge >= 0.3 is 0 Å². The van der Waals surface area contributed by atoms with Crippen LogP contribution in [0.1, 0.15) is 43.9 Å². The molecule has 1 aliphatic carbocycles. The molecule has 1 fully saturated rings. The molecular weight excluding hydrogens is 264 g/mol. The second-order valence-corrected chi connectivity index (χ2v) is 5.98. The molecule has 1 aromatic rings. The van der Waals surface area contributed by atoms with E-state index in [0.29, 0.717) is 17.2 Å². The van der Waals surface area contributed by atoms with Crippen LogP contribution in [0.15, 0.2) is 4.52 Å². The summed E-state index contributed by atoms with van der Waals surface area (Å²) < 4.78 is 4.84. The highest BCUT2D eigenvalue weighted by molar-refractivity contribution is 6.29. The Balaban J connectivity index is 1.79. The van der Waals surface area contributed by atoms with Crippen molar-refractivity contribution in [3.05, 3.63) is 16.5 Å². The Morgan fingerprint density at radius 2 is 2.32 bits per heavy atom. The molecule has 1 aliphatic rings. The minimum atomic E-state index is -0.00794. The third-order valence-electron chi connectivity index (χ3n) is 3.91. The molecule has 2 atom stereocenters. The number of carbonyl (C=O) groups is 1. The van der Waals surface area contributed by atoms with Crippen LogP contribution >= 0.6 is 11.6 Å². The van der Waals surface area contributed by atoms with E-state index in [-0.39, 0.29) is 17.5 Å². The zero-order valence-corrected chi connectivity index (χ0v) is 12.3. The fraction of sp³-hybridized carbons (Fsp3) is 0.714. The van der Waals surface area contributed by atoms with Gasteiger partial charge in [-0.1, -0.05) is 24.9 Å². The summed E-state index contributed by atoms with van der Waals surface area (Å²) in [7, 11) is 0. The third kappa shape index (κ3) is 3.96. The second-order valence-electron chi connectivity index (χ2n) is 5.64. The molecule has 4 nitrogen and oxygen atoms in total. The van der Waals surface area contributed by atoms with E-state index in [9.17, 15) is 4.79 Å². The Labute approximate surface area is 118 Å². The molecule has 1 saturated carbocycles. The van der Waals surface area contributed by atoms with Crippen molar-refractivity contribution in [2.24, 2.45) is 11.8 Å². The number of amides is 1. The highest BCUT2D eigenvalue weighted by Crippen LogP contribution is 2.28. The summed E-state index contributed by atoms with van der Waals surface area (Å²) >= 11 is 5.85. The van der Waals surface area contributed by atoms with Gasteiger partial charge in [-0.2, -0.15) is 0 Å². The number of nitrogens with zero attached hydrogens (tertiary/aromatic N) is 1. The monoisotopic (exact) mass is 284 g/mol. The van der Waals surface area contributed by atoms with E-state index in [2.05, 4.69) is 17.4 Å². The van der Waals surface area contributed by atoms with Crippen LogP contribution in [0, 0.1) is 18.8 Å². The number of aryl methyl sites for hydroxylation is 1. The molecule has 0 unspecified atom stereocenters. The van der Waals surface area contributed by atoms with Crippen molar-refractivity contribution in [1.29, 1.82) is 0 Å². The molecule has 0 radical (unpaired) electrons. The largest absolute Gasteiger partial charge is 0.356 e. The van der Waals surface area contributed by atoms with Gasteiger partial charge in [0.25, 0.3) is 0 Å². The SMILES string of the molecule is Cc1noc(Cl)c1CC(=O)NC[C@@H]1CCC[C@H](C)C1. The van der Waals surface area contributed by atoms with Crippen molar-refractivity contribution in [2.45, 2.75) is 46.0 Å². The van der Waals surface area contributed by atoms with Gasteiger partial charge in [0.2, 0.25) is 11.1 Å². The number of halogens is 1. The molecule has 19 heavy (non-hydrogen) atoms. The fourth-order valence-corrected chi connectivity index (χ4v) is 3.02. The lowest BCUT2D eigenvalue weighted by Gasteiger charge is -2.26. The van der Waals surface area contributed by atoms with Crippen LogP contribution in [0.25, 0.3) is 0 Å². The fourth-order valence-electron chi connectivity index (χ4n) is 2.78. The maximum absolute atomic E-state index is 11.9. The van der Waals surface area contributed by atoms with Crippen molar-refractivity contribution in [3.63, 3.8) is 0 Å². The van der Waals surface area contributed by atoms with Gasteiger partial charge < -0.3 is 9.84 Å². The van der Waals surface area contributed by atoms with E-state index in [0.717, 1.165) is 12.5 Å². The average Bonchev–Trinajstić information content (AvgIpc) is 2.68. The molecule has 1 aromatic heterocycles. The van der Waals surface area contributed by atoms with Gasteiger partial charge in [0.15, 0.2) is 0 Å². The highest BCUT2D eigenvalue weighted by atomic mass is 35.5. The summed E-state index contributed by atoms with van der Waals surface area (Å²) in [6.07, 6.45) is 5.28. The van der Waals surface area contributed by atoms with Gasteiger partial charge in [-0.25, -0.2) is 0 Å². The number of rotatable bonds is 4. The van der Waals surface area contributed by atoms with Crippen LogP contribution in [0.2, 0.25) is 5.22 Å². The van der Waals surface area contributed by atoms with Crippen molar-refractivity contribution in [2.75, 3.05) is 6.54 Å². The maximum Gasteiger partial charge on any atom is 0.229 e. The first-order valence-corrected chi connectivity index (χ1v) is 7.31. The van der Waals surface area contributed by atoms with Crippen molar-refractivity contribution in [1.82, 2.24) is 10.5 Å². The van der Waals surface area contributed by atoms with Gasteiger partial charge in [-0.05, 0) is 43.2 Å². The normalized spacial score (nSPS) is 23.3. The number of nitrogens with one attached hydrogen (secondary N) is 1. The minimum absolute atomic E-state index is 0.00794. The van der Waals surface area contributed by atoms with Gasteiger partial charge in [0.05, 0.1) is 12.1 Å². The molecule has 5 heteroatoms. The molecular formula is C14H21ClN2O2. The zero-order valence-electron chi connectivity index (χ0n) is 11.5. The topological polar surface area (TPSA) is 55.1 Å². The predicted octanol–water partition coefficient (Wildman–Crippen LogP) is 3.12. The lowest BCUT2D eigenvalue weighted by atomic mass is 9.82. The molecule has 1 heterocycles.